The Kier molecular flexibility index (Phi) is 4.98. The van der Waals surface area contributed by atoms with Gasteiger partial charge in [0.15, 0.2) is 0 Å². The predicted octanol–water partition coefficient (Wildman–Crippen LogP) is 5.92. The molecule has 0 aromatic rings. The van der Waals surface area contributed by atoms with Crippen LogP contribution < -0.4 is 0 Å². The van der Waals surface area contributed by atoms with Gasteiger partial charge in [0.1, 0.15) is 0 Å². The van der Waals surface area contributed by atoms with Gasteiger partial charge in [-0.2, -0.15) is 13.5 Å². The highest BCUT2D eigenvalue weighted by Crippen LogP contribution is 2.85. The molecule has 5 nitrogen and oxygen atoms in total. The fraction of sp³-hybridized carbons (Fsp3) is 1.00. The van der Waals surface area contributed by atoms with E-state index in [9.17, 15) is 0 Å². The van der Waals surface area contributed by atoms with Crippen LogP contribution in [0.3, 0.4) is 0 Å². The summed E-state index contributed by atoms with van der Waals surface area (Å²) in [5.41, 5.74) is 0. The molecule has 1 heterocycles. The third-order valence-electron chi connectivity index (χ3n) is 1.69. The third-order valence-corrected chi connectivity index (χ3v) is 15.8. The van der Waals surface area contributed by atoms with Crippen LogP contribution in [0.4, 0.5) is 0 Å². The summed E-state index contributed by atoms with van der Waals surface area (Å²) in [6, 6.07) is 0. The molecular weight excluding hydrogens is 353 g/mol. The number of nitrogens with zero attached hydrogens (tertiary/aromatic N) is 5. The monoisotopic (exact) mass is 363 g/mol. The van der Waals surface area contributed by atoms with Gasteiger partial charge in [-0.05, 0) is 73.2 Å². The quantitative estimate of drug-likeness (QED) is 0.571. The molecule has 0 spiro atoms. The Morgan fingerprint density at radius 2 is 1.06 bits per heavy atom. The Hall–Kier alpha value is 1.77. The third kappa shape index (κ3) is 3.41. The number of halogens is 4. The topological polar surface area (TPSA) is 43.6 Å². The highest BCUT2D eigenvalue weighted by atomic mass is 35.9. The molecule has 0 aromatic carbocycles. The molecule has 0 fully saturated rings. The zero-order valence-corrected chi connectivity index (χ0v) is 14.8. The standard InChI is InChI=1S/C4H12Cl4N5P3/c1-12(2)15(7)9-14(5,6)10-16(8,11-15)13(3)4/h1-4H3/t15-,16-/m0/s1. The summed E-state index contributed by atoms with van der Waals surface area (Å²) in [5, 5.41) is 0. The average Bonchev–Trinajstić information content (AvgIpc) is 1.98. The summed E-state index contributed by atoms with van der Waals surface area (Å²) in [5.74, 6) is -2.84. The lowest BCUT2D eigenvalue weighted by Crippen LogP contribution is -2.07. The van der Waals surface area contributed by atoms with E-state index >= 15 is 0 Å². The van der Waals surface area contributed by atoms with Gasteiger partial charge in [-0.25, -0.2) is 9.34 Å². The van der Waals surface area contributed by atoms with Crippen LogP contribution in [-0.2, 0) is 0 Å². The largest absolute Gasteiger partial charge is 0.257 e. The van der Waals surface area contributed by atoms with Gasteiger partial charge < -0.3 is 0 Å². The summed E-state index contributed by atoms with van der Waals surface area (Å²) in [4.78, 5) is 0. The van der Waals surface area contributed by atoms with E-state index in [0.717, 1.165) is 0 Å². The first-order chi connectivity index (χ1) is 7.01. The van der Waals surface area contributed by atoms with Gasteiger partial charge in [0.05, 0.1) is 0 Å². The van der Waals surface area contributed by atoms with E-state index in [0.29, 0.717) is 0 Å². The Morgan fingerprint density at radius 3 is 1.44 bits per heavy atom. The van der Waals surface area contributed by atoms with Crippen molar-refractivity contribution in [3.05, 3.63) is 0 Å². The normalized spacial score (nSPS) is 37.9. The molecule has 0 saturated carbocycles. The number of hydrogen-bond donors (Lipinski definition) is 0. The predicted molar refractivity (Wildman–Crippen MR) is 78.8 cm³/mol. The first-order valence-corrected chi connectivity index (χ1v) is 12.7. The molecule has 1 rings (SSSR count). The van der Waals surface area contributed by atoms with Crippen molar-refractivity contribution in [2.75, 3.05) is 28.2 Å². The molecule has 0 saturated heterocycles. The average molecular weight is 365 g/mol. The van der Waals surface area contributed by atoms with Gasteiger partial charge in [-0.1, -0.05) is 0 Å². The SMILES string of the molecule is CN(C)[P@@]1(Cl)=NP(Cl)(Cl)=N[P@](Cl)(N(C)C)=N1. The van der Waals surface area contributed by atoms with Crippen molar-refractivity contribution < 1.29 is 0 Å². The van der Waals surface area contributed by atoms with Crippen molar-refractivity contribution in [3.8, 4) is 0 Å². The van der Waals surface area contributed by atoms with E-state index < -0.39 is 19.3 Å². The van der Waals surface area contributed by atoms with Crippen LogP contribution in [0.1, 0.15) is 0 Å². The molecule has 0 radical (unpaired) electrons. The van der Waals surface area contributed by atoms with Crippen LogP contribution in [0.2, 0.25) is 0 Å². The maximum Gasteiger partial charge on any atom is 0.257 e. The maximum atomic E-state index is 6.34. The van der Waals surface area contributed by atoms with Gasteiger partial charge in [0.25, 0.3) is 5.91 Å². The minimum atomic E-state index is -2.84. The van der Waals surface area contributed by atoms with Crippen LogP contribution in [0.25, 0.3) is 0 Å². The van der Waals surface area contributed by atoms with Gasteiger partial charge in [0, 0.05) is 0 Å². The lowest BCUT2D eigenvalue weighted by molar-refractivity contribution is 0.669. The van der Waals surface area contributed by atoms with Gasteiger partial charge in [0.2, 0.25) is 13.4 Å². The molecule has 0 unspecified atom stereocenters. The molecular formula is C4H12Cl4N5P3. The molecule has 1 aliphatic rings. The molecule has 2 atom stereocenters. The summed E-state index contributed by atoms with van der Waals surface area (Å²) < 4.78 is 16.1. The zero-order chi connectivity index (χ0) is 12.8. The Balaban J connectivity index is 3.56. The van der Waals surface area contributed by atoms with Gasteiger partial charge in [-0.15, -0.1) is 0 Å². The molecule has 1 aliphatic heterocycles. The van der Waals surface area contributed by atoms with Gasteiger partial charge in [-0.3, -0.25) is 0 Å². The van der Waals surface area contributed by atoms with E-state index in [1.54, 1.807) is 37.5 Å². The number of hydrogen-bond acceptors (Lipinski definition) is 5. The molecule has 0 N–H and O–H groups in total. The van der Waals surface area contributed by atoms with Crippen molar-refractivity contribution in [2.45, 2.75) is 0 Å². The second-order valence-electron chi connectivity index (χ2n) is 3.41. The van der Waals surface area contributed by atoms with Gasteiger partial charge >= 0.3 is 0 Å². The van der Waals surface area contributed by atoms with Crippen LogP contribution >= 0.6 is 64.3 Å². The molecule has 12 heteroatoms. The Bertz CT molecular complexity index is 437. The van der Waals surface area contributed by atoms with Crippen LogP contribution in [0.15, 0.2) is 13.5 Å². The van der Waals surface area contributed by atoms with Crippen molar-refractivity contribution in [2.24, 2.45) is 13.5 Å². The minimum Gasteiger partial charge on any atom is -0.246 e. The molecule has 0 aliphatic carbocycles. The smallest absolute Gasteiger partial charge is 0.246 e. The Morgan fingerprint density at radius 1 is 0.688 bits per heavy atom. The maximum absolute atomic E-state index is 6.34. The van der Waals surface area contributed by atoms with Crippen LogP contribution in [0, 0.1) is 0 Å². The molecule has 0 bridgehead atoms. The lowest BCUT2D eigenvalue weighted by atomic mass is 11.3. The van der Waals surface area contributed by atoms with Crippen LogP contribution in [-0.4, -0.2) is 37.5 Å². The second-order valence-corrected chi connectivity index (χ2v) is 16.1. The van der Waals surface area contributed by atoms with E-state index in [-0.39, 0.29) is 0 Å². The summed E-state index contributed by atoms with van der Waals surface area (Å²) >= 11 is 24.8. The summed E-state index contributed by atoms with van der Waals surface area (Å²) in [7, 11) is 7.07. The van der Waals surface area contributed by atoms with Crippen molar-refractivity contribution in [1.29, 1.82) is 0 Å². The first-order valence-electron chi connectivity index (χ1n) is 4.06. The van der Waals surface area contributed by atoms with E-state index in [2.05, 4.69) is 13.5 Å². The fourth-order valence-corrected chi connectivity index (χ4v) is 16.5. The highest BCUT2D eigenvalue weighted by Gasteiger charge is 2.35. The van der Waals surface area contributed by atoms with Crippen molar-refractivity contribution >= 4 is 64.3 Å². The minimum absolute atomic E-state index is 1.70. The van der Waals surface area contributed by atoms with Crippen molar-refractivity contribution in [1.82, 2.24) is 9.34 Å². The molecule has 16 heavy (non-hydrogen) atoms. The number of rotatable bonds is 2. The molecule has 0 aromatic heterocycles. The first kappa shape index (κ1) is 15.8. The van der Waals surface area contributed by atoms with Crippen LogP contribution in [0.5, 0.6) is 0 Å². The lowest BCUT2D eigenvalue weighted by Gasteiger charge is -2.31. The highest BCUT2D eigenvalue weighted by molar-refractivity contribution is 8.17. The fourth-order valence-electron chi connectivity index (χ4n) is 0.792. The van der Waals surface area contributed by atoms with E-state index in [1.807, 2.05) is 0 Å². The van der Waals surface area contributed by atoms with E-state index in [4.69, 9.17) is 45.0 Å². The second kappa shape index (κ2) is 5.04. The summed E-state index contributed by atoms with van der Waals surface area (Å²) in [6.07, 6.45) is 0. The van der Waals surface area contributed by atoms with Crippen molar-refractivity contribution in [3.63, 3.8) is 0 Å². The Labute approximate surface area is 115 Å². The van der Waals surface area contributed by atoms with E-state index in [1.165, 1.54) is 0 Å². The summed E-state index contributed by atoms with van der Waals surface area (Å²) in [6.45, 7) is -5.22. The zero-order valence-electron chi connectivity index (χ0n) is 9.09. The molecule has 96 valence electrons. The molecule has 0 amide bonds.